The van der Waals surface area contributed by atoms with Crippen molar-refractivity contribution in [3.05, 3.63) is 0 Å². The molecule has 7 heteroatoms. The van der Waals surface area contributed by atoms with Crippen LogP contribution in [0.3, 0.4) is 0 Å². The van der Waals surface area contributed by atoms with Crippen molar-refractivity contribution in [1.29, 1.82) is 0 Å². The normalized spacial score (nSPS) is 12.2. The van der Waals surface area contributed by atoms with Gasteiger partial charge in [0.1, 0.15) is 0 Å². The van der Waals surface area contributed by atoms with Crippen molar-refractivity contribution in [2.24, 2.45) is 0 Å². The van der Waals surface area contributed by atoms with E-state index < -0.39 is 10.0 Å². The molecule has 0 unspecified atom stereocenters. The molecule has 0 radical (unpaired) electrons. The van der Waals surface area contributed by atoms with Crippen molar-refractivity contribution in [2.75, 3.05) is 59.2 Å². The van der Waals surface area contributed by atoms with Crippen LogP contribution >= 0.6 is 0 Å². The molecule has 0 aliphatic heterocycles. The Morgan fingerprint density at radius 1 is 1.22 bits per heavy atom. The zero-order chi connectivity index (χ0) is 13.9. The number of rotatable bonds is 12. The predicted octanol–water partition coefficient (Wildman–Crippen LogP) is -0.516. The highest BCUT2D eigenvalue weighted by Gasteiger charge is 2.09. The Labute approximate surface area is 111 Å². The van der Waals surface area contributed by atoms with Gasteiger partial charge < -0.3 is 15.0 Å². The van der Waals surface area contributed by atoms with E-state index in [1.807, 2.05) is 18.9 Å². The van der Waals surface area contributed by atoms with Gasteiger partial charge >= 0.3 is 0 Å². The highest BCUT2D eigenvalue weighted by molar-refractivity contribution is 7.89. The first-order valence-electron chi connectivity index (χ1n) is 6.37. The van der Waals surface area contributed by atoms with Gasteiger partial charge in [0, 0.05) is 26.7 Å². The lowest BCUT2D eigenvalue weighted by Gasteiger charge is -2.16. The molecule has 0 bridgehead atoms. The Bertz CT molecular complexity index is 283. The summed E-state index contributed by atoms with van der Waals surface area (Å²) in [5.41, 5.74) is 0. The van der Waals surface area contributed by atoms with Gasteiger partial charge in [-0.1, -0.05) is 6.92 Å². The van der Waals surface area contributed by atoms with E-state index in [0.29, 0.717) is 26.1 Å². The maximum absolute atomic E-state index is 11.6. The molecule has 0 aromatic rings. The van der Waals surface area contributed by atoms with Crippen molar-refractivity contribution >= 4 is 10.0 Å². The molecular formula is C11H27N3O3S. The average molecular weight is 281 g/mol. The summed E-state index contributed by atoms with van der Waals surface area (Å²) >= 11 is 0. The molecule has 0 heterocycles. The van der Waals surface area contributed by atoms with Gasteiger partial charge in [-0.05, 0) is 26.6 Å². The number of nitrogens with one attached hydrogen (secondary N) is 2. The van der Waals surface area contributed by atoms with Gasteiger partial charge in [0.25, 0.3) is 0 Å². The van der Waals surface area contributed by atoms with Crippen molar-refractivity contribution < 1.29 is 13.2 Å². The molecule has 0 saturated carbocycles. The standard InChI is InChI=1S/C11H27N3O3S/c1-4-12-6-5-11-18(15,16)13-7-8-14(2)9-10-17-3/h12-13H,4-11H2,1-3H3. The summed E-state index contributed by atoms with van der Waals surface area (Å²) in [5.74, 6) is 0.182. The number of hydrogen-bond acceptors (Lipinski definition) is 5. The molecule has 0 amide bonds. The fourth-order valence-electron chi connectivity index (χ4n) is 1.39. The van der Waals surface area contributed by atoms with Gasteiger partial charge in [0.05, 0.1) is 12.4 Å². The van der Waals surface area contributed by atoms with Crippen LogP contribution in [-0.2, 0) is 14.8 Å². The van der Waals surface area contributed by atoms with Crippen molar-refractivity contribution in [3.8, 4) is 0 Å². The minimum atomic E-state index is -3.13. The maximum atomic E-state index is 11.6. The molecule has 0 aliphatic rings. The summed E-state index contributed by atoms with van der Waals surface area (Å²) in [6.07, 6.45) is 0.642. The maximum Gasteiger partial charge on any atom is 0.211 e. The third-order valence-electron chi connectivity index (χ3n) is 2.51. The number of ether oxygens (including phenoxy) is 1. The van der Waals surface area contributed by atoms with Gasteiger partial charge in [-0.2, -0.15) is 0 Å². The van der Waals surface area contributed by atoms with E-state index in [1.54, 1.807) is 7.11 Å². The number of hydrogen-bond donors (Lipinski definition) is 2. The first-order valence-corrected chi connectivity index (χ1v) is 8.02. The minimum Gasteiger partial charge on any atom is -0.383 e. The van der Waals surface area contributed by atoms with Crippen molar-refractivity contribution in [2.45, 2.75) is 13.3 Å². The molecule has 110 valence electrons. The molecule has 0 rings (SSSR count). The second kappa shape index (κ2) is 10.7. The summed E-state index contributed by atoms with van der Waals surface area (Å²) in [5, 5.41) is 3.10. The molecular weight excluding hydrogens is 254 g/mol. The minimum absolute atomic E-state index is 0.182. The molecule has 2 N–H and O–H groups in total. The number of methoxy groups -OCH3 is 1. The second-order valence-electron chi connectivity index (χ2n) is 4.22. The van der Waals surface area contributed by atoms with Gasteiger partial charge in [-0.15, -0.1) is 0 Å². The van der Waals surface area contributed by atoms with Crippen LogP contribution in [0, 0.1) is 0 Å². The second-order valence-corrected chi connectivity index (χ2v) is 6.14. The summed E-state index contributed by atoms with van der Waals surface area (Å²) in [7, 11) is 0.470. The van der Waals surface area contributed by atoms with E-state index in [1.165, 1.54) is 0 Å². The SMILES string of the molecule is CCNCCCS(=O)(=O)NCCN(C)CCOC. The lowest BCUT2D eigenvalue weighted by Crippen LogP contribution is -2.35. The molecule has 0 spiro atoms. The van der Waals surface area contributed by atoms with E-state index in [0.717, 1.165) is 19.6 Å². The highest BCUT2D eigenvalue weighted by Crippen LogP contribution is 1.89. The predicted molar refractivity (Wildman–Crippen MR) is 74.3 cm³/mol. The molecule has 0 saturated heterocycles. The van der Waals surface area contributed by atoms with Crippen LogP contribution < -0.4 is 10.0 Å². The lowest BCUT2D eigenvalue weighted by atomic mass is 10.5. The van der Waals surface area contributed by atoms with Gasteiger partial charge in [0.15, 0.2) is 0 Å². The van der Waals surface area contributed by atoms with Crippen LogP contribution in [0.25, 0.3) is 0 Å². The molecule has 6 nitrogen and oxygen atoms in total. The largest absolute Gasteiger partial charge is 0.383 e. The molecule has 0 aromatic carbocycles. The molecule has 0 atom stereocenters. The van der Waals surface area contributed by atoms with Gasteiger partial charge in [-0.3, -0.25) is 0 Å². The highest BCUT2D eigenvalue weighted by atomic mass is 32.2. The van der Waals surface area contributed by atoms with Crippen LogP contribution in [0.4, 0.5) is 0 Å². The Kier molecular flexibility index (Phi) is 10.6. The first-order chi connectivity index (χ1) is 8.52. The topological polar surface area (TPSA) is 70.7 Å². The molecule has 0 fully saturated rings. The Morgan fingerprint density at radius 2 is 1.94 bits per heavy atom. The third kappa shape index (κ3) is 10.9. The van der Waals surface area contributed by atoms with Gasteiger partial charge in [-0.25, -0.2) is 13.1 Å². The Hall–Kier alpha value is -0.210. The Morgan fingerprint density at radius 3 is 2.56 bits per heavy atom. The number of likely N-dealkylation sites (N-methyl/N-ethyl adjacent to an activating group) is 1. The van der Waals surface area contributed by atoms with E-state index in [4.69, 9.17) is 4.74 Å². The van der Waals surface area contributed by atoms with E-state index in [9.17, 15) is 8.42 Å². The van der Waals surface area contributed by atoms with E-state index >= 15 is 0 Å². The fourth-order valence-corrected chi connectivity index (χ4v) is 2.46. The van der Waals surface area contributed by atoms with Crippen LogP contribution in [0.2, 0.25) is 0 Å². The average Bonchev–Trinajstić information content (AvgIpc) is 2.32. The smallest absolute Gasteiger partial charge is 0.211 e. The summed E-state index contributed by atoms with van der Waals surface area (Å²) in [6.45, 7) is 6.22. The number of nitrogens with zero attached hydrogens (tertiary/aromatic N) is 1. The van der Waals surface area contributed by atoms with Gasteiger partial charge in [0.2, 0.25) is 10.0 Å². The zero-order valence-corrected chi connectivity index (χ0v) is 12.6. The van der Waals surface area contributed by atoms with Crippen LogP contribution in [0.5, 0.6) is 0 Å². The summed E-state index contributed by atoms with van der Waals surface area (Å²) in [4.78, 5) is 2.03. The third-order valence-corrected chi connectivity index (χ3v) is 3.98. The molecule has 18 heavy (non-hydrogen) atoms. The van der Waals surface area contributed by atoms with Crippen molar-refractivity contribution in [3.63, 3.8) is 0 Å². The molecule has 0 aliphatic carbocycles. The Balaban J connectivity index is 3.63. The summed E-state index contributed by atoms with van der Waals surface area (Å²) in [6, 6.07) is 0. The van der Waals surface area contributed by atoms with Crippen LogP contribution in [0.15, 0.2) is 0 Å². The van der Waals surface area contributed by atoms with Crippen molar-refractivity contribution in [1.82, 2.24) is 14.9 Å². The zero-order valence-electron chi connectivity index (χ0n) is 11.7. The lowest BCUT2D eigenvalue weighted by molar-refractivity contribution is 0.162. The monoisotopic (exact) mass is 281 g/mol. The first kappa shape index (κ1) is 17.8. The summed E-state index contributed by atoms with van der Waals surface area (Å²) < 4.78 is 30.8. The number of sulfonamides is 1. The fraction of sp³-hybridized carbons (Fsp3) is 1.00. The van der Waals surface area contributed by atoms with E-state index in [2.05, 4.69) is 10.0 Å². The van der Waals surface area contributed by atoms with Crippen LogP contribution in [0.1, 0.15) is 13.3 Å². The quantitative estimate of drug-likeness (QED) is 0.471. The van der Waals surface area contributed by atoms with E-state index in [-0.39, 0.29) is 5.75 Å². The van der Waals surface area contributed by atoms with Crippen LogP contribution in [-0.4, -0.2) is 72.6 Å². The molecule has 0 aromatic heterocycles.